The molecular formula is C40H74NO8P. The number of rotatable bonds is 37. The third-order valence-corrected chi connectivity index (χ3v) is 9.28. The topological polar surface area (TPSA) is 131 Å². The molecule has 0 aliphatic rings. The SMILES string of the molecule is CCCC/C=C\CCCCCCCC(=O)NCCOP(=O)(O)OCC(O)COC(=O)CCCCCCCCC/C=C\C/C=C\CCCCCC. The number of ether oxygens (including phenoxy) is 1. The molecule has 0 aromatic carbocycles. The van der Waals surface area contributed by atoms with E-state index >= 15 is 0 Å². The Balaban J connectivity index is 3.63. The molecule has 292 valence electrons. The van der Waals surface area contributed by atoms with E-state index in [-0.39, 0.29) is 32.1 Å². The minimum atomic E-state index is -4.41. The van der Waals surface area contributed by atoms with Gasteiger partial charge in [0, 0.05) is 19.4 Å². The zero-order chi connectivity index (χ0) is 36.8. The summed E-state index contributed by atoms with van der Waals surface area (Å²) in [5, 5.41) is 12.6. The first-order valence-corrected chi connectivity index (χ1v) is 21.5. The second kappa shape index (κ2) is 37.0. The molecule has 0 rings (SSSR count). The minimum Gasteiger partial charge on any atom is -0.463 e. The standard InChI is InChI=1S/C40H74NO8P/c1-3-5-7-9-11-13-15-16-17-18-19-20-21-23-25-27-29-31-33-40(44)47-36-38(42)37-49-50(45,46)48-35-34-41-39(43)32-30-28-26-24-22-14-12-10-8-6-4-2/h10,12-13,15,17-18,38,42H,3-9,11,14,16,19-37H2,1-2H3,(H,41,43)(H,45,46)/b12-10-,15-13-,18-17-. The summed E-state index contributed by atoms with van der Waals surface area (Å²) in [7, 11) is -4.41. The lowest BCUT2D eigenvalue weighted by atomic mass is 10.1. The molecule has 2 atom stereocenters. The van der Waals surface area contributed by atoms with Gasteiger partial charge in [-0.25, -0.2) is 4.57 Å². The maximum absolute atomic E-state index is 12.0. The van der Waals surface area contributed by atoms with Crippen LogP contribution in [-0.4, -0.2) is 54.3 Å². The van der Waals surface area contributed by atoms with Gasteiger partial charge in [0.2, 0.25) is 5.91 Å². The second-order valence-corrected chi connectivity index (χ2v) is 14.7. The van der Waals surface area contributed by atoms with Gasteiger partial charge >= 0.3 is 13.8 Å². The van der Waals surface area contributed by atoms with Crippen LogP contribution in [0.2, 0.25) is 0 Å². The van der Waals surface area contributed by atoms with E-state index in [2.05, 4.69) is 55.6 Å². The van der Waals surface area contributed by atoms with Crippen molar-refractivity contribution in [3.05, 3.63) is 36.5 Å². The molecule has 0 saturated carbocycles. The van der Waals surface area contributed by atoms with Gasteiger partial charge in [-0.05, 0) is 64.2 Å². The molecule has 9 nitrogen and oxygen atoms in total. The molecule has 0 radical (unpaired) electrons. The Morgan fingerprint density at radius 2 is 1.10 bits per heavy atom. The third-order valence-electron chi connectivity index (χ3n) is 8.29. The van der Waals surface area contributed by atoms with Gasteiger partial charge in [0.25, 0.3) is 0 Å². The number of aliphatic hydroxyl groups excluding tert-OH is 1. The largest absolute Gasteiger partial charge is 0.472 e. The molecule has 0 aliphatic heterocycles. The normalized spacial score (nSPS) is 13.8. The summed E-state index contributed by atoms with van der Waals surface area (Å²) in [6, 6.07) is 0. The van der Waals surface area contributed by atoms with Gasteiger partial charge in [0.05, 0.1) is 13.2 Å². The fraction of sp³-hybridized carbons (Fsp3) is 0.800. The Hall–Kier alpha value is -1.77. The van der Waals surface area contributed by atoms with Crippen molar-refractivity contribution in [2.45, 2.75) is 180 Å². The number of esters is 1. The zero-order valence-electron chi connectivity index (χ0n) is 31.8. The Morgan fingerprint density at radius 1 is 0.620 bits per heavy atom. The molecule has 2 unspecified atom stereocenters. The fourth-order valence-corrected chi connectivity index (χ4v) is 5.97. The van der Waals surface area contributed by atoms with Crippen LogP contribution in [0.3, 0.4) is 0 Å². The van der Waals surface area contributed by atoms with Crippen molar-refractivity contribution in [3.8, 4) is 0 Å². The van der Waals surface area contributed by atoms with Crippen LogP contribution in [0.1, 0.15) is 174 Å². The molecule has 1 amide bonds. The van der Waals surface area contributed by atoms with Gasteiger partial charge in [0.15, 0.2) is 0 Å². The number of amides is 1. The Labute approximate surface area is 305 Å². The predicted octanol–water partition coefficient (Wildman–Crippen LogP) is 10.6. The van der Waals surface area contributed by atoms with E-state index in [4.69, 9.17) is 13.8 Å². The van der Waals surface area contributed by atoms with Crippen molar-refractivity contribution in [1.82, 2.24) is 5.32 Å². The monoisotopic (exact) mass is 728 g/mol. The molecule has 0 aromatic heterocycles. The molecule has 0 aromatic rings. The van der Waals surface area contributed by atoms with Gasteiger partial charge in [-0.15, -0.1) is 0 Å². The zero-order valence-corrected chi connectivity index (χ0v) is 32.7. The Kier molecular flexibility index (Phi) is 35.7. The Bertz CT molecular complexity index is 923. The quantitative estimate of drug-likeness (QED) is 0.0249. The van der Waals surface area contributed by atoms with Crippen molar-refractivity contribution >= 4 is 19.7 Å². The van der Waals surface area contributed by atoms with E-state index in [0.29, 0.717) is 6.42 Å². The number of phosphoric ester groups is 1. The second-order valence-electron chi connectivity index (χ2n) is 13.2. The molecule has 0 bridgehead atoms. The summed E-state index contributed by atoms with van der Waals surface area (Å²) in [5.74, 6) is -0.536. The van der Waals surface area contributed by atoms with Crippen LogP contribution in [0.4, 0.5) is 0 Å². The highest BCUT2D eigenvalue weighted by Gasteiger charge is 2.23. The van der Waals surface area contributed by atoms with Crippen LogP contribution in [-0.2, 0) is 27.9 Å². The summed E-state index contributed by atoms with van der Waals surface area (Å²) >= 11 is 0. The van der Waals surface area contributed by atoms with Gasteiger partial charge in [-0.2, -0.15) is 0 Å². The number of carbonyl (C=O) groups is 2. The van der Waals surface area contributed by atoms with Crippen LogP contribution in [0.15, 0.2) is 36.5 Å². The molecule has 0 saturated heterocycles. The van der Waals surface area contributed by atoms with Crippen molar-refractivity contribution < 1.29 is 37.9 Å². The molecule has 0 fully saturated rings. The lowest BCUT2D eigenvalue weighted by Crippen LogP contribution is -2.27. The van der Waals surface area contributed by atoms with Crippen LogP contribution in [0.5, 0.6) is 0 Å². The number of carbonyl (C=O) groups excluding carboxylic acids is 2. The average Bonchev–Trinajstić information content (AvgIpc) is 3.10. The summed E-state index contributed by atoms with van der Waals surface area (Å²) < 4.78 is 26.8. The van der Waals surface area contributed by atoms with Crippen molar-refractivity contribution in [3.63, 3.8) is 0 Å². The first-order chi connectivity index (χ1) is 24.3. The average molecular weight is 728 g/mol. The maximum atomic E-state index is 12.0. The molecule has 3 N–H and O–H groups in total. The summed E-state index contributed by atoms with van der Waals surface area (Å²) in [5.41, 5.74) is 0. The van der Waals surface area contributed by atoms with E-state index in [1.54, 1.807) is 0 Å². The van der Waals surface area contributed by atoms with Crippen molar-refractivity contribution in [2.24, 2.45) is 0 Å². The smallest absolute Gasteiger partial charge is 0.463 e. The van der Waals surface area contributed by atoms with Crippen LogP contribution in [0, 0.1) is 0 Å². The molecule has 0 heterocycles. The Morgan fingerprint density at radius 3 is 1.68 bits per heavy atom. The molecular weight excluding hydrogens is 653 g/mol. The van der Waals surface area contributed by atoms with Gasteiger partial charge in [-0.1, -0.05) is 134 Å². The van der Waals surface area contributed by atoms with Crippen LogP contribution < -0.4 is 5.32 Å². The fourth-order valence-electron chi connectivity index (χ4n) is 5.21. The number of nitrogens with one attached hydrogen (secondary N) is 1. The van der Waals surface area contributed by atoms with Crippen LogP contribution >= 0.6 is 7.82 Å². The van der Waals surface area contributed by atoms with E-state index in [1.807, 2.05) is 0 Å². The lowest BCUT2D eigenvalue weighted by molar-refractivity contribution is -0.147. The summed E-state index contributed by atoms with van der Waals surface area (Å²) in [6.45, 7) is 3.47. The number of aliphatic hydroxyl groups is 1. The van der Waals surface area contributed by atoms with Gasteiger partial charge in [-0.3, -0.25) is 18.6 Å². The number of phosphoric acid groups is 1. The van der Waals surface area contributed by atoms with Crippen molar-refractivity contribution in [2.75, 3.05) is 26.4 Å². The lowest BCUT2D eigenvalue weighted by Gasteiger charge is -2.15. The minimum absolute atomic E-state index is 0.0759. The molecule has 0 aliphatic carbocycles. The summed E-state index contributed by atoms with van der Waals surface area (Å²) in [6.07, 6.45) is 39.3. The highest BCUT2D eigenvalue weighted by atomic mass is 31.2. The predicted molar refractivity (Wildman–Crippen MR) is 206 cm³/mol. The molecule has 50 heavy (non-hydrogen) atoms. The third kappa shape index (κ3) is 37.5. The number of unbranched alkanes of at least 4 members (excludes halogenated alkanes) is 18. The van der Waals surface area contributed by atoms with Gasteiger partial charge < -0.3 is 20.1 Å². The van der Waals surface area contributed by atoms with E-state index in [1.165, 1.54) is 77.0 Å². The van der Waals surface area contributed by atoms with Gasteiger partial charge in [0.1, 0.15) is 12.7 Å². The summed E-state index contributed by atoms with van der Waals surface area (Å²) in [4.78, 5) is 33.8. The first-order valence-electron chi connectivity index (χ1n) is 20.0. The first kappa shape index (κ1) is 48.2. The van der Waals surface area contributed by atoms with Crippen molar-refractivity contribution in [1.29, 1.82) is 0 Å². The maximum Gasteiger partial charge on any atom is 0.472 e. The number of allylic oxidation sites excluding steroid dienone is 6. The van der Waals surface area contributed by atoms with Crippen LogP contribution in [0.25, 0.3) is 0 Å². The number of hydrogen-bond donors (Lipinski definition) is 3. The highest BCUT2D eigenvalue weighted by Crippen LogP contribution is 2.42. The van der Waals surface area contributed by atoms with E-state index in [9.17, 15) is 24.2 Å². The van der Waals surface area contributed by atoms with E-state index in [0.717, 1.165) is 70.6 Å². The van der Waals surface area contributed by atoms with E-state index < -0.39 is 26.5 Å². The molecule has 10 heteroatoms. The molecule has 0 spiro atoms. The number of hydrogen-bond acceptors (Lipinski definition) is 7. The highest BCUT2D eigenvalue weighted by molar-refractivity contribution is 7.47.